The summed E-state index contributed by atoms with van der Waals surface area (Å²) in [6.45, 7) is 4.80. The maximum atomic E-state index is 2.40. The van der Waals surface area contributed by atoms with Gasteiger partial charge in [-0.2, -0.15) is 0 Å². The third-order valence-corrected chi connectivity index (χ3v) is 11.0. The summed E-state index contributed by atoms with van der Waals surface area (Å²) in [5.41, 5.74) is 0. The van der Waals surface area contributed by atoms with E-state index in [0.29, 0.717) is 0 Å². The van der Waals surface area contributed by atoms with Gasteiger partial charge in [0.15, 0.2) is 0 Å². The zero-order valence-corrected chi connectivity index (χ0v) is 21.5. The molecular weight excluding hydrogens is 372 g/mol. The smallest absolute Gasteiger partial charge is 0.0411 e. The van der Waals surface area contributed by atoms with E-state index in [4.69, 9.17) is 0 Å². The van der Waals surface area contributed by atoms with Crippen LogP contribution < -0.4 is 0 Å². The molecule has 0 heterocycles. The van der Waals surface area contributed by atoms with Crippen molar-refractivity contribution in [2.24, 2.45) is 47.3 Å². The first kappa shape index (κ1) is 24.1. The maximum absolute atomic E-state index is 2.40. The molecule has 0 heteroatoms. The lowest BCUT2D eigenvalue weighted by Crippen LogP contribution is -2.24. The van der Waals surface area contributed by atoms with E-state index in [9.17, 15) is 0 Å². The molecule has 0 saturated heterocycles. The molecule has 0 nitrogen and oxygen atoms in total. The van der Waals surface area contributed by atoms with Crippen molar-refractivity contribution < 1.29 is 0 Å². The van der Waals surface area contributed by atoms with Crippen LogP contribution in [0.15, 0.2) is 0 Å². The Bertz CT molecular complexity index is 418. The Balaban J connectivity index is 1.07. The molecule has 0 amide bonds. The molecule has 0 aromatic heterocycles. The Labute approximate surface area is 196 Å². The summed E-state index contributed by atoms with van der Waals surface area (Å²) < 4.78 is 0. The molecule has 180 valence electrons. The van der Waals surface area contributed by atoms with Crippen LogP contribution >= 0.6 is 0 Å². The summed E-state index contributed by atoms with van der Waals surface area (Å²) in [4.78, 5) is 0. The second-order valence-corrected chi connectivity index (χ2v) is 13.1. The largest absolute Gasteiger partial charge is 0.0651 e. The van der Waals surface area contributed by atoms with Gasteiger partial charge in [-0.05, 0) is 66.6 Å². The van der Waals surface area contributed by atoms with Crippen LogP contribution in [0.4, 0.5) is 0 Å². The Hall–Kier alpha value is 0. The van der Waals surface area contributed by atoms with Gasteiger partial charge in [0.1, 0.15) is 0 Å². The minimum absolute atomic E-state index is 1.07. The molecule has 0 bridgehead atoms. The quantitative estimate of drug-likeness (QED) is 0.360. The molecule has 0 radical (unpaired) electrons. The summed E-state index contributed by atoms with van der Waals surface area (Å²) in [6.07, 6.45) is 32.7. The molecule has 0 spiro atoms. The molecule has 0 N–H and O–H groups in total. The van der Waals surface area contributed by atoms with Gasteiger partial charge in [0, 0.05) is 0 Å². The van der Waals surface area contributed by atoms with Gasteiger partial charge in [0.05, 0.1) is 0 Å². The summed E-state index contributed by atoms with van der Waals surface area (Å²) in [5.74, 6) is 8.71. The fraction of sp³-hybridized carbons (Fsp3) is 1.00. The topological polar surface area (TPSA) is 0 Å². The first-order valence-corrected chi connectivity index (χ1v) is 15.2. The van der Waals surface area contributed by atoms with Crippen molar-refractivity contribution in [2.75, 3.05) is 0 Å². The zero-order chi connectivity index (χ0) is 21.5. The SMILES string of the molecule is CCC1CCC(CC2CCC(CC3CCC(CC4CCC(CC)CC4)CC3)CC2)CC1. The maximum Gasteiger partial charge on any atom is -0.0411 e. The molecule has 31 heavy (non-hydrogen) atoms. The Morgan fingerprint density at radius 1 is 0.290 bits per heavy atom. The Morgan fingerprint density at radius 3 is 0.613 bits per heavy atom. The minimum atomic E-state index is 1.07. The molecule has 4 saturated carbocycles. The van der Waals surface area contributed by atoms with Crippen LogP contribution in [-0.4, -0.2) is 0 Å². The van der Waals surface area contributed by atoms with Crippen LogP contribution in [0.25, 0.3) is 0 Å². The summed E-state index contributed by atoms with van der Waals surface area (Å²) in [5, 5.41) is 0. The average molecular weight is 429 g/mol. The van der Waals surface area contributed by atoms with E-state index in [-0.39, 0.29) is 0 Å². The molecule has 0 atom stereocenters. The third kappa shape index (κ3) is 7.50. The first-order chi connectivity index (χ1) is 15.2. The predicted octanol–water partition coefficient (Wildman–Crippen LogP) is 10.2. The molecule has 4 fully saturated rings. The van der Waals surface area contributed by atoms with E-state index in [1.165, 1.54) is 12.8 Å². The van der Waals surface area contributed by atoms with Crippen molar-refractivity contribution in [3.63, 3.8) is 0 Å². The number of rotatable bonds is 8. The monoisotopic (exact) mass is 428 g/mol. The fourth-order valence-corrected chi connectivity index (χ4v) is 8.57. The van der Waals surface area contributed by atoms with Gasteiger partial charge in [-0.3, -0.25) is 0 Å². The van der Waals surface area contributed by atoms with Gasteiger partial charge in [0.2, 0.25) is 0 Å². The van der Waals surface area contributed by atoms with E-state index < -0.39 is 0 Å². The number of hydrogen-bond donors (Lipinski definition) is 0. The van der Waals surface area contributed by atoms with Crippen LogP contribution in [0.5, 0.6) is 0 Å². The van der Waals surface area contributed by atoms with Crippen LogP contribution in [0.3, 0.4) is 0 Å². The average Bonchev–Trinajstić information content (AvgIpc) is 2.82. The second kappa shape index (κ2) is 12.5. The minimum Gasteiger partial charge on any atom is -0.0651 e. The van der Waals surface area contributed by atoms with Gasteiger partial charge >= 0.3 is 0 Å². The van der Waals surface area contributed by atoms with E-state index >= 15 is 0 Å². The molecule has 0 aromatic rings. The third-order valence-electron chi connectivity index (χ3n) is 11.0. The highest BCUT2D eigenvalue weighted by Crippen LogP contribution is 2.44. The van der Waals surface area contributed by atoms with Crippen LogP contribution in [0.2, 0.25) is 0 Å². The van der Waals surface area contributed by atoms with E-state index in [0.717, 1.165) is 47.3 Å². The van der Waals surface area contributed by atoms with Crippen molar-refractivity contribution >= 4 is 0 Å². The first-order valence-electron chi connectivity index (χ1n) is 15.2. The van der Waals surface area contributed by atoms with Crippen molar-refractivity contribution in [3.05, 3.63) is 0 Å². The van der Waals surface area contributed by atoms with E-state index in [2.05, 4.69) is 13.8 Å². The van der Waals surface area contributed by atoms with Gasteiger partial charge in [0.25, 0.3) is 0 Å². The molecule has 4 aliphatic carbocycles. The number of hydrogen-bond acceptors (Lipinski definition) is 0. The van der Waals surface area contributed by atoms with Crippen LogP contribution in [0.1, 0.15) is 149 Å². The molecule has 0 aromatic carbocycles. The molecule has 4 aliphatic rings. The second-order valence-electron chi connectivity index (χ2n) is 13.1. The lowest BCUT2D eigenvalue weighted by molar-refractivity contribution is 0.152. The van der Waals surface area contributed by atoms with Gasteiger partial charge in [-0.25, -0.2) is 0 Å². The van der Waals surface area contributed by atoms with Gasteiger partial charge in [-0.15, -0.1) is 0 Å². The van der Waals surface area contributed by atoms with Crippen molar-refractivity contribution in [3.8, 4) is 0 Å². The summed E-state index contributed by atoms with van der Waals surface area (Å²) >= 11 is 0. The van der Waals surface area contributed by atoms with Crippen LogP contribution in [-0.2, 0) is 0 Å². The van der Waals surface area contributed by atoms with E-state index in [1.54, 1.807) is 122 Å². The van der Waals surface area contributed by atoms with Crippen molar-refractivity contribution in [2.45, 2.75) is 149 Å². The molecule has 0 aliphatic heterocycles. The Kier molecular flexibility index (Phi) is 9.70. The normalized spacial score (nSPS) is 42.4. The van der Waals surface area contributed by atoms with Gasteiger partial charge in [-0.1, -0.05) is 129 Å². The predicted molar refractivity (Wildman–Crippen MR) is 136 cm³/mol. The summed E-state index contributed by atoms with van der Waals surface area (Å²) in [6, 6.07) is 0. The van der Waals surface area contributed by atoms with Crippen molar-refractivity contribution in [1.29, 1.82) is 0 Å². The van der Waals surface area contributed by atoms with Crippen LogP contribution in [0, 0.1) is 47.3 Å². The fourth-order valence-electron chi connectivity index (χ4n) is 8.57. The lowest BCUT2D eigenvalue weighted by atomic mass is 9.69. The van der Waals surface area contributed by atoms with Crippen molar-refractivity contribution in [1.82, 2.24) is 0 Å². The molecular formula is C31H56. The highest BCUT2D eigenvalue weighted by Gasteiger charge is 2.30. The van der Waals surface area contributed by atoms with Gasteiger partial charge < -0.3 is 0 Å². The zero-order valence-electron chi connectivity index (χ0n) is 21.5. The Morgan fingerprint density at radius 2 is 0.452 bits per heavy atom. The highest BCUT2D eigenvalue weighted by atomic mass is 14.4. The standard InChI is InChI=1S/C31H56/c1-3-24-5-9-26(10-6-24)21-28-13-17-30(18-14-28)23-31-19-15-29(16-20-31)22-27-11-7-25(4-2)8-12-27/h24-31H,3-23H2,1-2H3. The highest BCUT2D eigenvalue weighted by molar-refractivity contribution is 4.82. The summed E-state index contributed by atoms with van der Waals surface area (Å²) in [7, 11) is 0. The molecule has 0 unspecified atom stereocenters. The van der Waals surface area contributed by atoms with E-state index in [1.807, 2.05) is 0 Å². The molecule has 4 rings (SSSR count). The lowest BCUT2D eigenvalue weighted by Gasteiger charge is -2.37.